The van der Waals surface area contributed by atoms with Crippen LogP contribution in [0.15, 0.2) is 60.8 Å². The predicted molar refractivity (Wildman–Crippen MR) is 156 cm³/mol. The smallest absolute Gasteiger partial charge is 0.244 e. The molecule has 1 saturated carbocycles. The normalized spacial score (nSPS) is 20.0. The molecule has 212 valence electrons. The summed E-state index contributed by atoms with van der Waals surface area (Å²) in [4.78, 5) is 46.0. The molecule has 2 aliphatic carbocycles. The first kappa shape index (κ1) is 27.1. The highest BCUT2D eigenvalue weighted by atomic mass is 16.5. The van der Waals surface area contributed by atoms with E-state index in [0.717, 1.165) is 53.5 Å². The van der Waals surface area contributed by atoms with Gasteiger partial charge < -0.3 is 20.3 Å². The van der Waals surface area contributed by atoms with E-state index in [1.807, 2.05) is 61.5 Å². The number of hydrogen-bond donors (Lipinski definition) is 2. The van der Waals surface area contributed by atoms with Crippen molar-refractivity contribution in [2.45, 2.75) is 63.5 Å². The fraction of sp³-hybridized carbons (Fsp3) is 0.394. The zero-order valence-corrected chi connectivity index (χ0v) is 23.6. The molecular formula is C33H36N4O4. The molecule has 3 aliphatic rings. The molecular weight excluding hydrogens is 516 g/mol. The van der Waals surface area contributed by atoms with E-state index in [4.69, 9.17) is 4.74 Å². The summed E-state index contributed by atoms with van der Waals surface area (Å²) in [6.07, 6.45) is 6.54. The van der Waals surface area contributed by atoms with Crippen LogP contribution in [0, 0.1) is 5.92 Å². The van der Waals surface area contributed by atoms with Crippen LogP contribution >= 0.6 is 0 Å². The van der Waals surface area contributed by atoms with Gasteiger partial charge in [-0.3, -0.25) is 14.4 Å². The number of pyridine rings is 1. The molecule has 1 spiro atoms. The lowest BCUT2D eigenvalue weighted by Gasteiger charge is -2.27. The molecule has 2 unspecified atom stereocenters. The van der Waals surface area contributed by atoms with Gasteiger partial charge in [-0.1, -0.05) is 49.2 Å². The molecule has 0 radical (unpaired) electrons. The molecule has 2 aromatic carbocycles. The van der Waals surface area contributed by atoms with E-state index in [9.17, 15) is 14.4 Å². The van der Waals surface area contributed by atoms with Crippen LogP contribution in [0.1, 0.15) is 66.5 Å². The fourth-order valence-electron chi connectivity index (χ4n) is 6.77. The van der Waals surface area contributed by atoms with E-state index in [0.29, 0.717) is 30.9 Å². The van der Waals surface area contributed by atoms with Gasteiger partial charge in [0.05, 0.1) is 11.5 Å². The number of rotatable bonds is 8. The van der Waals surface area contributed by atoms with Gasteiger partial charge in [-0.15, -0.1) is 0 Å². The van der Waals surface area contributed by atoms with Gasteiger partial charge in [0.25, 0.3) is 0 Å². The molecule has 41 heavy (non-hydrogen) atoms. The molecule has 0 bridgehead atoms. The van der Waals surface area contributed by atoms with Crippen LogP contribution in [0.25, 0.3) is 0 Å². The van der Waals surface area contributed by atoms with E-state index in [2.05, 4.69) is 15.6 Å². The van der Waals surface area contributed by atoms with Crippen LogP contribution in [-0.4, -0.2) is 41.3 Å². The van der Waals surface area contributed by atoms with Crippen LogP contribution < -0.4 is 10.6 Å². The minimum atomic E-state index is -0.661. The Labute approximate surface area is 240 Å². The molecule has 2 atom stereocenters. The Hall–Kier alpha value is -4.04. The maximum atomic E-state index is 13.6. The number of ether oxygens (including phenoxy) is 1. The van der Waals surface area contributed by atoms with Crippen molar-refractivity contribution in [3.8, 4) is 0 Å². The number of nitrogens with one attached hydrogen (secondary N) is 2. The number of aromatic nitrogens is 1. The minimum Gasteiger partial charge on any atom is -0.377 e. The third-order valence-electron chi connectivity index (χ3n) is 9.02. The highest BCUT2D eigenvalue weighted by Gasteiger charge is 2.51. The van der Waals surface area contributed by atoms with Gasteiger partial charge >= 0.3 is 0 Å². The zero-order valence-electron chi connectivity index (χ0n) is 23.6. The summed E-state index contributed by atoms with van der Waals surface area (Å²) in [5.74, 6) is 0.354. The number of fused-ring (bicyclic) bond motifs is 3. The van der Waals surface area contributed by atoms with E-state index in [-0.39, 0.29) is 36.3 Å². The van der Waals surface area contributed by atoms with Gasteiger partial charge in [0.15, 0.2) is 0 Å². The summed E-state index contributed by atoms with van der Waals surface area (Å²) in [6.45, 7) is 2.30. The monoisotopic (exact) mass is 552 g/mol. The molecule has 1 aliphatic heterocycles. The first-order valence-electron chi connectivity index (χ1n) is 14.5. The average Bonchev–Trinajstić information content (AvgIpc) is 3.71. The van der Waals surface area contributed by atoms with Crippen molar-refractivity contribution < 1.29 is 19.1 Å². The minimum absolute atomic E-state index is 0.0304. The van der Waals surface area contributed by atoms with Crippen molar-refractivity contribution in [2.75, 3.05) is 24.3 Å². The van der Waals surface area contributed by atoms with Gasteiger partial charge in [0, 0.05) is 37.0 Å². The molecule has 1 fully saturated rings. The lowest BCUT2D eigenvalue weighted by Crippen LogP contribution is -2.40. The molecule has 1 aromatic heterocycles. The van der Waals surface area contributed by atoms with Gasteiger partial charge in [-0.25, -0.2) is 4.98 Å². The molecule has 3 amide bonds. The fourth-order valence-corrected chi connectivity index (χ4v) is 6.77. The Balaban J connectivity index is 1.19. The second kappa shape index (κ2) is 11.1. The largest absolute Gasteiger partial charge is 0.377 e. The highest BCUT2D eigenvalue weighted by molar-refractivity contribution is 6.06. The number of methoxy groups -OCH3 is 1. The zero-order chi connectivity index (χ0) is 28.6. The average molecular weight is 553 g/mol. The Kier molecular flexibility index (Phi) is 7.34. The van der Waals surface area contributed by atoms with Crippen molar-refractivity contribution in [1.82, 2.24) is 9.88 Å². The van der Waals surface area contributed by atoms with Crippen LogP contribution in [-0.2, 0) is 43.9 Å². The van der Waals surface area contributed by atoms with Crippen LogP contribution in [0.3, 0.4) is 0 Å². The molecule has 2 heterocycles. The number of benzene rings is 2. The summed E-state index contributed by atoms with van der Waals surface area (Å²) < 4.78 is 5.57. The number of anilines is 2. The second-order valence-electron chi connectivity index (χ2n) is 11.6. The first-order valence-corrected chi connectivity index (χ1v) is 14.5. The molecule has 8 nitrogen and oxygen atoms in total. The van der Waals surface area contributed by atoms with Crippen LogP contribution in [0.4, 0.5) is 11.5 Å². The van der Waals surface area contributed by atoms with Gasteiger partial charge in [-0.2, -0.15) is 0 Å². The lowest BCUT2D eigenvalue weighted by atomic mass is 9.79. The van der Waals surface area contributed by atoms with E-state index in [1.165, 1.54) is 0 Å². The van der Waals surface area contributed by atoms with Crippen LogP contribution in [0.2, 0.25) is 0 Å². The quantitative estimate of drug-likeness (QED) is 0.413. The van der Waals surface area contributed by atoms with E-state index >= 15 is 0 Å². The lowest BCUT2D eigenvalue weighted by molar-refractivity contribution is -0.138. The van der Waals surface area contributed by atoms with Crippen molar-refractivity contribution in [3.63, 3.8) is 0 Å². The van der Waals surface area contributed by atoms with Crippen molar-refractivity contribution in [1.29, 1.82) is 0 Å². The topological polar surface area (TPSA) is 101 Å². The summed E-state index contributed by atoms with van der Waals surface area (Å²) in [6, 6.07) is 17.6. The number of nitrogens with zero attached hydrogens (tertiary/aromatic N) is 2. The maximum absolute atomic E-state index is 13.6. The molecule has 6 rings (SSSR count). The molecule has 8 heteroatoms. The third-order valence-corrected chi connectivity index (χ3v) is 9.02. The SMILES string of the molecule is COC(C)c1ccccc1CN(CC(=O)Nc1ccc2c(c1)CC1(C2)C(=O)Nc2ncccc21)C(=O)C1CCCC1. The third kappa shape index (κ3) is 5.12. The van der Waals surface area contributed by atoms with E-state index < -0.39 is 5.41 Å². The van der Waals surface area contributed by atoms with E-state index in [1.54, 1.807) is 18.2 Å². The Morgan fingerprint density at radius 1 is 1.10 bits per heavy atom. The number of hydrogen-bond acceptors (Lipinski definition) is 5. The summed E-state index contributed by atoms with van der Waals surface area (Å²) in [5, 5.41) is 5.96. The number of carbonyl (C=O) groups is 3. The van der Waals surface area contributed by atoms with Gasteiger partial charge in [0.1, 0.15) is 12.4 Å². The summed E-state index contributed by atoms with van der Waals surface area (Å²) in [7, 11) is 1.67. The van der Waals surface area contributed by atoms with Gasteiger partial charge in [0.2, 0.25) is 17.7 Å². The van der Waals surface area contributed by atoms with Crippen molar-refractivity contribution in [2.24, 2.45) is 5.92 Å². The maximum Gasteiger partial charge on any atom is 0.244 e. The first-order chi connectivity index (χ1) is 19.9. The van der Waals surface area contributed by atoms with Gasteiger partial charge in [-0.05, 0) is 73.1 Å². The Bertz CT molecular complexity index is 1500. The van der Waals surface area contributed by atoms with Crippen molar-refractivity contribution >= 4 is 29.2 Å². The summed E-state index contributed by atoms with van der Waals surface area (Å²) in [5.41, 5.74) is 5.06. The Morgan fingerprint density at radius 2 is 1.88 bits per heavy atom. The molecule has 2 N–H and O–H groups in total. The Morgan fingerprint density at radius 3 is 2.68 bits per heavy atom. The second-order valence-corrected chi connectivity index (χ2v) is 11.6. The number of amides is 3. The number of carbonyl (C=O) groups excluding carboxylic acids is 3. The highest BCUT2D eigenvalue weighted by Crippen LogP contribution is 2.47. The molecule has 3 aromatic rings. The standard InChI is InChI=1S/C33H36N4O4/c1-21(41-2)27-11-6-5-10-24(27)19-37(31(39)22-8-3-4-9-22)20-29(38)35-26-14-13-23-17-33(18-25(23)16-26)28-12-7-15-34-30(28)36-32(33)40/h5-7,10-16,21-22H,3-4,8-9,17-20H2,1-2H3,(H,35,38)(H,34,36,40). The van der Waals surface area contributed by atoms with Crippen LogP contribution in [0.5, 0.6) is 0 Å². The predicted octanol–water partition coefficient (Wildman–Crippen LogP) is 4.94. The molecule has 0 saturated heterocycles. The van der Waals surface area contributed by atoms with Crippen molar-refractivity contribution in [3.05, 3.63) is 88.6 Å². The summed E-state index contributed by atoms with van der Waals surface area (Å²) >= 11 is 0.